The van der Waals surface area contributed by atoms with Crippen molar-refractivity contribution in [2.45, 2.75) is 18.7 Å². The molecule has 0 aliphatic heterocycles. The summed E-state index contributed by atoms with van der Waals surface area (Å²) < 4.78 is 31.9. The minimum absolute atomic E-state index is 0.0415. The average Bonchev–Trinajstić information content (AvgIpc) is 2.72. The number of rotatable bonds is 7. The fraction of sp³-hybridized carbons (Fsp3) is 0.263. The summed E-state index contributed by atoms with van der Waals surface area (Å²) in [5, 5.41) is 0.226. The van der Waals surface area contributed by atoms with Crippen molar-refractivity contribution in [3.05, 3.63) is 58.6 Å². The van der Waals surface area contributed by atoms with Gasteiger partial charge in [-0.3, -0.25) is 20.4 Å². The largest absolute Gasteiger partial charge is 0.496 e. The van der Waals surface area contributed by atoms with Crippen LogP contribution in [0.4, 0.5) is 0 Å². The number of amides is 2. The maximum Gasteiger partial charge on any atom is 0.273 e. The number of hydrazine groups is 1. The molecule has 0 aliphatic carbocycles. The Kier molecular flexibility index (Phi) is 7.60. The molecule has 0 spiro atoms. The standard InChI is InChI=1S/C19H22ClN3O5S/c1-4-23(5-2)29(26,27)13-10-11-17(28-3)15(12-13)19(25)22-21-18(24)14-8-6-7-9-16(14)20/h6-12H,4-5H2,1-3H3,(H,21,24)(H,22,25). The number of sulfonamides is 1. The Balaban J connectivity index is 2.27. The van der Waals surface area contributed by atoms with E-state index in [2.05, 4.69) is 10.9 Å². The highest BCUT2D eigenvalue weighted by molar-refractivity contribution is 7.89. The lowest BCUT2D eigenvalue weighted by molar-refractivity contribution is 0.0845. The van der Waals surface area contributed by atoms with Crippen molar-refractivity contribution in [1.29, 1.82) is 0 Å². The monoisotopic (exact) mass is 439 g/mol. The Hall–Kier alpha value is -2.62. The van der Waals surface area contributed by atoms with E-state index in [4.69, 9.17) is 16.3 Å². The first kappa shape index (κ1) is 22.7. The second kappa shape index (κ2) is 9.73. The lowest BCUT2D eigenvalue weighted by Gasteiger charge is -2.19. The number of ether oxygens (including phenoxy) is 1. The van der Waals surface area contributed by atoms with Gasteiger partial charge < -0.3 is 4.74 Å². The van der Waals surface area contributed by atoms with Crippen LogP contribution in [0, 0.1) is 0 Å². The predicted molar refractivity (Wildman–Crippen MR) is 109 cm³/mol. The Labute approximate surface area is 174 Å². The van der Waals surface area contributed by atoms with Crippen LogP contribution in [0.2, 0.25) is 5.02 Å². The molecule has 2 aromatic carbocycles. The Bertz CT molecular complexity index is 1010. The Morgan fingerprint density at radius 1 is 1.00 bits per heavy atom. The first-order valence-electron chi connectivity index (χ1n) is 8.79. The maximum absolute atomic E-state index is 12.7. The van der Waals surface area contributed by atoms with Gasteiger partial charge in [-0.15, -0.1) is 0 Å². The summed E-state index contributed by atoms with van der Waals surface area (Å²) in [6.07, 6.45) is 0. The Morgan fingerprint density at radius 3 is 2.14 bits per heavy atom. The molecule has 0 fully saturated rings. The second-order valence-corrected chi connectivity index (χ2v) is 8.18. The van der Waals surface area contributed by atoms with E-state index in [0.29, 0.717) is 13.1 Å². The molecular formula is C19H22ClN3O5S. The van der Waals surface area contributed by atoms with Gasteiger partial charge in [0.05, 0.1) is 28.2 Å². The van der Waals surface area contributed by atoms with Gasteiger partial charge in [0.15, 0.2) is 0 Å². The zero-order valence-electron chi connectivity index (χ0n) is 16.2. The molecular weight excluding hydrogens is 418 g/mol. The van der Waals surface area contributed by atoms with E-state index in [9.17, 15) is 18.0 Å². The zero-order valence-corrected chi connectivity index (χ0v) is 17.8. The number of halogens is 1. The molecule has 0 saturated heterocycles. The molecule has 0 saturated carbocycles. The first-order valence-corrected chi connectivity index (χ1v) is 10.6. The van der Waals surface area contributed by atoms with Gasteiger partial charge in [-0.2, -0.15) is 4.31 Å². The third-order valence-corrected chi connectivity index (χ3v) is 6.54. The van der Waals surface area contributed by atoms with E-state index in [-0.39, 0.29) is 26.8 Å². The second-order valence-electron chi connectivity index (χ2n) is 5.84. The van der Waals surface area contributed by atoms with Crippen LogP contribution in [0.1, 0.15) is 34.6 Å². The van der Waals surface area contributed by atoms with Gasteiger partial charge in [0.1, 0.15) is 5.75 Å². The number of hydrogen-bond acceptors (Lipinski definition) is 5. The van der Waals surface area contributed by atoms with E-state index in [1.807, 2.05) is 0 Å². The molecule has 2 aromatic rings. The first-order chi connectivity index (χ1) is 13.8. The lowest BCUT2D eigenvalue weighted by Crippen LogP contribution is -2.42. The number of nitrogens with one attached hydrogen (secondary N) is 2. The van der Waals surface area contributed by atoms with Gasteiger partial charge >= 0.3 is 0 Å². The van der Waals surface area contributed by atoms with Crippen molar-refractivity contribution in [3.8, 4) is 5.75 Å². The van der Waals surface area contributed by atoms with Crippen LogP contribution in [0.5, 0.6) is 5.75 Å². The minimum Gasteiger partial charge on any atom is -0.496 e. The molecule has 2 N–H and O–H groups in total. The quantitative estimate of drug-likeness (QED) is 0.645. The van der Waals surface area contributed by atoms with E-state index < -0.39 is 21.8 Å². The Morgan fingerprint density at radius 2 is 1.59 bits per heavy atom. The van der Waals surface area contributed by atoms with Crippen molar-refractivity contribution in [3.63, 3.8) is 0 Å². The van der Waals surface area contributed by atoms with Crippen LogP contribution in [-0.2, 0) is 10.0 Å². The third-order valence-electron chi connectivity index (χ3n) is 4.17. The SMILES string of the molecule is CCN(CC)S(=O)(=O)c1ccc(OC)c(C(=O)NNC(=O)c2ccccc2Cl)c1. The van der Waals surface area contributed by atoms with Gasteiger partial charge in [0.2, 0.25) is 10.0 Å². The molecule has 0 aliphatic rings. The lowest BCUT2D eigenvalue weighted by atomic mass is 10.2. The van der Waals surface area contributed by atoms with Crippen LogP contribution in [0.25, 0.3) is 0 Å². The van der Waals surface area contributed by atoms with Crippen molar-refractivity contribution in [1.82, 2.24) is 15.2 Å². The normalized spacial score (nSPS) is 11.2. The zero-order chi connectivity index (χ0) is 21.6. The van der Waals surface area contributed by atoms with E-state index in [1.165, 1.54) is 35.7 Å². The average molecular weight is 440 g/mol. The van der Waals surface area contributed by atoms with Gasteiger partial charge in [-0.05, 0) is 30.3 Å². The highest BCUT2D eigenvalue weighted by Crippen LogP contribution is 2.24. The van der Waals surface area contributed by atoms with Gasteiger partial charge in [-0.25, -0.2) is 8.42 Å². The smallest absolute Gasteiger partial charge is 0.273 e. The molecule has 156 valence electrons. The molecule has 0 heterocycles. The maximum atomic E-state index is 12.7. The number of nitrogens with zero attached hydrogens (tertiary/aromatic N) is 1. The summed E-state index contributed by atoms with van der Waals surface area (Å²) in [5.74, 6) is -1.19. The molecule has 29 heavy (non-hydrogen) atoms. The molecule has 2 rings (SSSR count). The molecule has 2 amide bonds. The van der Waals surface area contributed by atoms with E-state index in [0.717, 1.165) is 0 Å². The molecule has 0 radical (unpaired) electrons. The van der Waals surface area contributed by atoms with Crippen molar-refractivity contribution >= 4 is 33.4 Å². The molecule has 0 unspecified atom stereocenters. The summed E-state index contributed by atoms with van der Waals surface area (Å²) in [5.41, 5.74) is 4.64. The summed E-state index contributed by atoms with van der Waals surface area (Å²) in [6.45, 7) is 4.03. The van der Waals surface area contributed by atoms with Crippen LogP contribution in [0.3, 0.4) is 0 Å². The van der Waals surface area contributed by atoms with Crippen molar-refractivity contribution < 1.29 is 22.7 Å². The highest BCUT2D eigenvalue weighted by atomic mass is 35.5. The summed E-state index contributed by atoms with van der Waals surface area (Å²) >= 11 is 5.96. The number of methoxy groups -OCH3 is 1. The topological polar surface area (TPSA) is 105 Å². The highest BCUT2D eigenvalue weighted by Gasteiger charge is 2.24. The molecule has 8 nitrogen and oxygen atoms in total. The van der Waals surface area contributed by atoms with Crippen LogP contribution in [0.15, 0.2) is 47.4 Å². The molecule has 10 heteroatoms. The summed E-state index contributed by atoms with van der Waals surface area (Å²) in [4.78, 5) is 24.7. The van der Waals surface area contributed by atoms with Crippen LogP contribution < -0.4 is 15.6 Å². The summed E-state index contributed by atoms with van der Waals surface area (Å²) in [7, 11) is -2.41. The molecule has 0 bridgehead atoms. The number of benzene rings is 2. The number of carbonyl (C=O) groups is 2. The van der Waals surface area contributed by atoms with Crippen molar-refractivity contribution in [2.75, 3.05) is 20.2 Å². The van der Waals surface area contributed by atoms with Crippen molar-refractivity contribution in [2.24, 2.45) is 0 Å². The van der Waals surface area contributed by atoms with Gasteiger partial charge in [0.25, 0.3) is 11.8 Å². The van der Waals surface area contributed by atoms with Gasteiger partial charge in [-0.1, -0.05) is 37.6 Å². The van der Waals surface area contributed by atoms with Crippen LogP contribution >= 0.6 is 11.6 Å². The third kappa shape index (κ3) is 5.06. The minimum atomic E-state index is -3.77. The summed E-state index contributed by atoms with van der Waals surface area (Å²) in [6, 6.07) is 10.3. The van der Waals surface area contributed by atoms with Crippen LogP contribution in [-0.4, -0.2) is 44.7 Å². The van der Waals surface area contributed by atoms with E-state index in [1.54, 1.807) is 32.0 Å². The molecule has 0 aromatic heterocycles. The molecule has 0 atom stereocenters. The fourth-order valence-corrected chi connectivity index (χ4v) is 4.34. The fourth-order valence-electron chi connectivity index (χ4n) is 2.63. The van der Waals surface area contributed by atoms with E-state index >= 15 is 0 Å². The number of carbonyl (C=O) groups excluding carboxylic acids is 2. The van der Waals surface area contributed by atoms with Gasteiger partial charge in [0, 0.05) is 13.1 Å². The number of hydrogen-bond donors (Lipinski definition) is 2. The predicted octanol–water partition coefficient (Wildman–Crippen LogP) is 2.45.